The second-order valence-corrected chi connectivity index (χ2v) is 5.50. The SMILES string of the molecule is COCCNCc1cccc(C)c1OCCC1CCCO1. The van der Waals surface area contributed by atoms with E-state index in [0.29, 0.717) is 6.10 Å². The van der Waals surface area contributed by atoms with E-state index in [-0.39, 0.29) is 0 Å². The van der Waals surface area contributed by atoms with Gasteiger partial charge in [0, 0.05) is 38.8 Å². The van der Waals surface area contributed by atoms with Gasteiger partial charge in [-0.3, -0.25) is 0 Å². The van der Waals surface area contributed by atoms with Gasteiger partial charge in [0.1, 0.15) is 5.75 Å². The Bertz CT molecular complexity index is 416. The minimum absolute atomic E-state index is 0.386. The van der Waals surface area contributed by atoms with Gasteiger partial charge in [-0.25, -0.2) is 0 Å². The molecule has 1 atom stereocenters. The van der Waals surface area contributed by atoms with Crippen molar-refractivity contribution in [2.45, 2.75) is 38.8 Å². The second kappa shape index (κ2) is 9.03. The average Bonchev–Trinajstić information content (AvgIpc) is 2.99. The number of nitrogens with one attached hydrogen (secondary N) is 1. The summed E-state index contributed by atoms with van der Waals surface area (Å²) >= 11 is 0. The first-order valence-electron chi connectivity index (χ1n) is 7.84. The standard InChI is InChI=1S/C17H27NO3/c1-14-5-3-6-15(13-18-9-12-19-2)17(14)21-11-8-16-7-4-10-20-16/h3,5-6,16,18H,4,7-13H2,1-2H3. The minimum Gasteiger partial charge on any atom is -0.493 e. The van der Waals surface area contributed by atoms with E-state index in [0.717, 1.165) is 45.1 Å². The van der Waals surface area contributed by atoms with Gasteiger partial charge < -0.3 is 19.5 Å². The third kappa shape index (κ3) is 5.30. The van der Waals surface area contributed by atoms with Gasteiger partial charge in [-0.1, -0.05) is 18.2 Å². The number of methoxy groups -OCH3 is 1. The van der Waals surface area contributed by atoms with Crippen LogP contribution in [0.3, 0.4) is 0 Å². The summed E-state index contributed by atoms with van der Waals surface area (Å²) in [6.07, 6.45) is 3.72. The maximum absolute atomic E-state index is 6.04. The number of hydrogen-bond acceptors (Lipinski definition) is 4. The Balaban J connectivity index is 1.83. The molecule has 118 valence electrons. The molecule has 1 aromatic carbocycles. The third-order valence-corrected chi connectivity index (χ3v) is 3.80. The second-order valence-electron chi connectivity index (χ2n) is 5.50. The molecule has 0 aliphatic carbocycles. The van der Waals surface area contributed by atoms with Crippen molar-refractivity contribution >= 4 is 0 Å². The monoisotopic (exact) mass is 293 g/mol. The van der Waals surface area contributed by atoms with Gasteiger partial charge in [-0.15, -0.1) is 0 Å². The van der Waals surface area contributed by atoms with Crippen LogP contribution in [0.2, 0.25) is 0 Å². The van der Waals surface area contributed by atoms with E-state index in [1.165, 1.54) is 24.0 Å². The van der Waals surface area contributed by atoms with Crippen molar-refractivity contribution in [2.75, 3.05) is 33.5 Å². The summed E-state index contributed by atoms with van der Waals surface area (Å²) in [5.41, 5.74) is 2.40. The van der Waals surface area contributed by atoms with Crippen molar-refractivity contribution in [3.05, 3.63) is 29.3 Å². The predicted octanol–water partition coefficient (Wildman–Crippen LogP) is 2.68. The van der Waals surface area contributed by atoms with Gasteiger partial charge in [0.25, 0.3) is 0 Å². The zero-order valence-corrected chi connectivity index (χ0v) is 13.2. The Morgan fingerprint density at radius 1 is 1.33 bits per heavy atom. The molecule has 1 heterocycles. The van der Waals surface area contributed by atoms with Crippen LogP contribution in [0.25, 0.3) is 0 Å². The fourth-order valence-corrected chi connectivity index (χ4v) is 2.62. The van der Waals surface area contributed by atoms with E-state index in [9.17, 15) is 0 Å². The fourth-order valence-electron chi connectivity index (χ4n) is 2.62. The highest BCUT2D eigenvalue weighted by Crippen LogP contribution is 2.24. The number of rotatable bonds is 9. The van der Waals surface area contributed by atoms with Gasteiger partial charge in [-0.2, -0.15) is 0 Å². The summed E-state index contributed by atoms with van der Waals surface area (Å²) in [4.78, 5) is 0. The molecule has 1 aliphatic heterocycles. The van der Waals surface area contributed by atoms with Gasteiger partial charge in [0.15, 0.2) is 0 Å². The maximum Gasteiger partial charge on any atom is 0.126 e. The summed E-state index contributed by atoms with van der Waals surface area (Å²) in [6, 6.07) is 6.30. The molecule has 0 spiro atoms. The molecule has 1 aliphatic rings. The summed E-state index contributed by atoms with van der Waals surface area (Å²) in [5.74, 6) is 1.01. The molecule has 0 bridgehead atoms. The lowest BCUT2D eigenvalue weighted by molar-refractivity contribution is 0.0901. The Morgan fingerprint density at radius 2 is 2.24 bits per heavy atom. The van der Waals surface area contributed by atoms with Gasteiger partial charge in [0.05, 0.1) is 19.3 Å². The van der Waals surface area contributed by atoms with Crippen molar-refractivity contribution in [1.29, 1.82) is 0 Å². The molecule has 0 aromatic heterocycles. The molecule has 21 heavy (non-hydrogen) atoms. The molecule has 0 saturated carbocycles. The molecule has 0 radical (unpaired) electrons. The molecule has 1 saturated heterocycles. The summed E-state index contributed by atoms with van der Waals surface area (Å²) in [5, 5.41) is 3.37. The van der Waals surface area contributed by atoms with E-state index in [1.807, 2.05) is 0 Å². The summed E-state index contributed by atoms with van der Waals surface area (Å²) in [6.45, 7) is 6.10. The van der Waals surface area contributed by atoms with Crippen LogP contribution in [0.5, 0.6) is 5.75 Å². The van der Waals surface area contributed by atoms with E-state index in [1.54, 1.807) is 7.11 Å². The zero-order chi connectivity index (χ0) is 14.9. The van der Waals surface area contributed by atoms with Crippen LogP contribution >= 0.6 is 0 Å². The molecule has 1 fully saturated rings. The molecule has 1 N–H and O–H groups in total. The Hall–Kier alpha value is -1.10. The van der Waals surface area contributed by atoms with Crippen LogP contribution in [0.4, 0.5) is 0 Å². The van der Waals surface area contributed by atoms with Crippen LogP contribution in [0.1, 0.15) is 30.4 Å². The van der Waals surface area contributed by atoms with Crippen LogP contribution < -0.4 is 10.1 Å². The number of para-hydroxylation sites is 1. The first kappa shape index (κ1) is 16.3. The molecule has 1 unspecified atom stereocenters. The van der Waals surface area contributed by atoms with E-state index < -0.39 is 0 Å². The first-order chi connectivity index (χ1) is 10.3. The highest BCUT2D eigenvalue weighted by atomic mass is 16.5. The van der Waals surface area contributed by atoms with E-state index in [2.05, 4.69) is 30.4 Å². The quantitative estimate of drug-likeness (QED) is 0.711. The number of benzene rings is 1. The third-order valence-electron chi connectivity index (χ3n) is 3.80. The lowest BCUT2D eigenvalue weighted by atomic mass is 10.1. The molecule has 4 nitrogen and oxygen atoms in total. The van der Waals surface area contributed by atoms with Crippen LogP contribution in [-0.2, 0) is 16.0 Å². The van der Waals surface area contributed by atoms with Gasteiger partial charge in [-0.05, 0) is 25.3 Å². The predicted molar refractivity (Wildman–Crippen MR) is 83.8 cm³/mol. The first-order valence-corrected chi connectivity index (χ1v) is 7.84. The van der Waals surface area contributed by atoms with Crippen molar-refractivity contribution < 1.29 is 14.2 Å². The van der Waals surface area contributed by atoms with Gasteiger partial charge >= 0.3 is 0 Å². The van der Waals surface area contributed by atoms with Crippen molar-refractivity contribution in [3.8, 4) is 5.75 Å². The highest BCUT2D eigenvalue weighted by molar-refractivity contribution is 5.40. The summed E-state index contributed by atoms with van der Waals surface area (Å²) in [7, 11) is 1.72. The minimum atomic E-state index is 0.386. The molecule has 4 heteroatoms. The van der Waals surface area contributed by atoms with Crippen LogP contribution in [0.15, 0.2) is 18.2 Å². The zero-order valence-electron chi connectivity index (χ0n) is 13.2. The van der Waals surface area contributed by atoms with E-state index in [4.69, 9.17) is 14.2 Å². The van der Waals surface area contributed by atoms with Crippen LogP contribution in [0, 0.1) is 6.92 Å². The highest BCUT2D eigenvalue weighted by Gasteiger charge is 2.15. The normalized spacial score (nSPS) is 18.1. The molecule has 0 amide bonds. The topological polar surface area (TPSA) is 39.7 Å². The largest absolute Gasteiger partial charge is 0.493 e. The molecule has 2 rings (SSSR count). The Labute approximate surface area is 127 Å². The molecular formula is C17H27NO3. The Kier molecular flexibility index (Phi) is 7.00. The van der Waals surface area contributed by atoms with Crippen molar-refractivity contribution in [2.24, 2.45) is 0 Å². The fraction of sp³-hybridized carbons (Fsp3) is 0.647. The smallest absolute Gasteiger partial charge is 0.126 e. The summed E-state index contributed by atoms with van der Waals surface area (Å²) < 4.78 is 16.7. The lowest BCUT2D eigenvalue weighted by Gasteiger charge is -2.16. The number of ether oxygens (including phenoxy) is 3. The van der Waals surface area contributed by atoms with Crippen molar-refractivity contribution in [3.63, 3.8) is 0 Å². The van der Waals surface area contributed by atoms with Crippen LogP contribution in [-0.4, -0.2) is 39.6 Å². The van der Waals surface area contributed by atoms with E-state index >= 15 is 0 Å². The average molecular weight is 293 g/mol. The number of aryl methyl sites for hydroxylation is 1. The molecule has 1 aromatic rings. The number of hydrogen-bond donors (Lipinski definition) is 1. The lowest BCUT2D eigenvalue weighted by Crippen LogP contribution is -2.19. The maximum atomic E-state index is 6.04. The Morgan fingerprint density at radius 3 is 3.00 bits per heavy atom. The van der Waals surface area contributed by atoms with Gasteiger partial charge in [0.2, 0.25) is 0 Å². The van der Waals surface area contributed by atoms with Crippen molar-refractivity contribution in [1.82, 2.24) is 5.32 Å². The molecular weight excluding hydrogens is 266 g/mol.